The van der Waals surface area contributed by atoms with Crippen molar-refractivity contribution in [2.75, 3.05) is 13.7 Å². The molecule has 1 aromatic carbocycles. The summed E-state index contributed by atoms with van der Waals surface area (Å²) in [6, 6.07) is 10.1. The van der Waals surface area contributed by atoms with Crippen LogP contribution >= 0.6 is 15.9 Å². The van der Waals surface area contributed by atoms with E-state index in [4.69, 9.17) is 28.4 Å². The van der Waals surface area contributed by atoms with E-state index >= 15 is 0 Å². The van der Waals surface area contributed by atoms with Crippen LogP contribution in [-0.4, -0.2) is 101 Å². The van der Waals surface area contributed by atoms with E-state index in [-0.39, 0.29) is 36.1 Å². The Labute approximate surface area is 387 Å². The van der Waals surface area contributed by atoms with Crippen molar-refractivity contribution in [2.24, 2.45) is 51.8 Å². The summed E-state index contributed by atoms with van der Waals surface area (Å²) >= 11 is 3.37. The number of aliphatic imine (C=N–C) groups is 1. The summed E-state index contributed by atoms with van der Waals surface area (Å²) in [5.41, 5.74) is -1.05. The van der Waals surface area contributed by atoms with Crippen LogP contribution in [0, 0.1) is 46.8 Å². The second-order valence-electron chi connectivity index (χ2n) is 20.2. The Bertz CT molecular complexity index is 1820. The molecule has 0 unspecified atom stereocenters. The first-order chi connectivity index (χ1) is 29.4. The molecule has 11 nitrogen and oxygen atoms in total. The van der Waals surface area contributed by atoms with Crippen LogP contribution in [0.3, 0.4) is 0 Å². The molecular weight excluding hydrogens is 864 g/mol. The normalized spacial score (nSPS) is 41.2. The molecule has 17 atom stereocenters. The molecule has 0 radical (unpaired) electrons. The average Bonchev–Trinajstić information content (AvgIpc) is 3.22. The van der Waals surface area contributed by atoms with Gasteiger partial charge in [0.05, 0.1) is 54.2 Å². The summed E-state index contributed by atoms with van der Waals surface area (Å²) in [7, 11) is 1.71. The molecule has 4 heterocycles. The predicted molar refractivity (Wildman–Crippen MR) is 254 cm³/mol. The molecule has 0 amide bonds. The van der Waals surface area contributed by atoms with Gasteiger partial charge < -0.3 is 38.6 Å². The van der Waals surface area contributed by atoms with Crippen molar-refractivity contribution >= 4 is 38.5 Å². The van der Waals surface area contributed by atoms with Crippen molar-refractivity contribution in [3.05, 3.63) is 53.7 Å². The number of esters is 1. The van der Waals surface area contributed by atoms with Crippen LogP contribution in [0.15, 0.2) is 58.6 Å². The fraction of sp³-hybridized carbons (Fsp3) is 0.745. The molecule has 63 heavy (non-hydrogen) atoms. The van der Waals surface area contributed by atoms with Crippen molar-refractivity contribution in [1.29, 1.82) is 0 Å². The predicted octanol–water partition coefficient (Wildman–Crippen LogP) is 10.4. The number of carbonyl (C=O) groups is 1. The fourth-order valence-electron chi connectivity index (χ4n) is 10.3. The first kappa shape index (κ1) is 53.3. The Morgan fingerprint density at radius 2 is 1.63 bits per heavy atom. The highest BCUT2D eigenvalue weighted by Gasteiger charge is 2.53. The van der Waals surface area contributed by atoms with Gasteiger partial charge in [-0.2, -0.15) is 0 Å². The summed E-state index contributed by atoms with van der Waals surface area (Å²) in [5, 5.41) is 24.8. The third-order valence-corrected chi connectivity index (χ3v) is 15.3. The van der Waals surface area contributed by atoms with Crippen molar-refractivity contribution in [2.45, 2.75) is 183 Å². The van der Waals surface area contributed by atoms with Gasteiger partial charge in [-0.05, 0) is 105 Å². The molecule has 0 bridgehead atoms. The topological polar surface area (TPSA) is 138 Å². The Kier molecular flexibility index (Phi) is 19.0. The molecule has 0 saturated carbocycles. The van der Waals surface area contributed by atoms with Crippen LogP contribution in [0.25, 0.3) is 10.9 Å². The Morgan fingerprint density at radius 3 is 2.25 bits per heavy atom. The zero-order valence-electron chi connectivity index (χ0n) is 41.0. The minimum Gasteiger partial charge on any atom is -0.459 e. The lowest BCUT2D eigenvalue weighted by molar-refractivity contribution is -0.304. The maximum absolute atomic E-state index is 14.3. The van der Waals surface area contributed by atoms with E-state index in [1.807, 2.05) is 58.2 Å². The molecule has 356 valence electrons. The molecule has 0 spiro atoms. The number of fused-ring (bicyclic) bond motifs is 1. The maximum atomic E-state index is 14.3. The van der Waals surface area contributed by atoms with Gasteiger partial charge in [0.1, 0.15) is 11.7 Å². The maximum Gasteiger partial charge on any atom is 0.311 e. The van der Waals surface area contributed by atoms with Gasteiger partial charge in [0, 0.05) is 53.0 Å². The first-order valence-corrected chi connectivity index (χ1v) is 24.2. The number of hydrogen-bond acceptors (Lipinski definition) is 11. The van der Waals surface area contributed by atoms with Gasteiger partial charge in [0.15, 0.2) is 12.6 Å². The molecule has 2 N–H and O–H groups in total. The van der Waals surface area contributed by atoms with Crippen LogP contribution in [0.2, 0.25) is 0 Å². The van der Waals surface area contributed by atoms with Crippen LogP contribution in [0.1, 0.15) is 123 Å². The minimum absolute atomic E-state index is 0.00603. The molecule has 3 fully saturated rings. The number of hydrogen-bond donors (Lipinski definition) is 2. The number of aliphatic hydroxyl groups excluding tert-OH is 1. The quantitative estimate of drug-likeness (QED) is 0.194. The third-order valence-electron chi connectivity index (χ3n) is 14.8. The van der Waals surface area contributed by atoms with Gasteiger partial charge >= 0.3 is 5.97 Å². The first-order valence-electron chi connectivity index (χ1n) is 23.4. The Morgan fingerprint density at radius 1 is 0.968 bits per heavy atom. The van der Waals surface area contributed by atoms with E-state index in [1.165, 1.54) is 12.3 Å². The number of cyclic esters (lactones) is 1. The van der Waals surface area contributed by atoms with E-state index in [1.54, 1.807) is 13.1 Å². The number of aliphatic hydroxyl groups is 2. The number of halogens is 1. The molecule has 3 aliphatic rings. The lowest BCUT2D eigenvalue weighted by atomic mass is 9.72. The smallest absolute Gasteiger partial charge is 0.311 e. The Hall–Kier alpha value is -2.29. The summed E-state index contributed by atoms with van der Waals surface area (Å²) < 4.78 is 41.2. The van der Waals surface area contributed by atoms with E-state index in [9.17, 15) is 15.0 Å². The zero-order valence-corrected chi connectivity index (χ0v) is 42.6. The summed E-state index contributed by atoms with van der Waals surface area (Å²) in [5.74, 6) is -1.78. The number of pyridine rings is 1. The molecule has 2 aromatic rings. The van der Waals surface area contributed by atoms with Crippen molar-refractivity contribution in [3.63, 3.8) is 0 Å². The van der Waals surface area contributed by atoms with E-state index in [0.29, 0.717) is 31.1 Å². The summed E-state index contributed by atoms with van der Waals surface area (Å²) in [4.78, 5) is 23.3. The number of para-hydroxylation sites is 1. The van der Waals surface area contributed by atoms with Crippen LogP contribution in [-0.2, 0) is 33.2 Å². The van der Waals surface area contributed by atoms with Gasteiger partial charge in [-0.3, -0.25) is 14.8 Å². The van der Waals surface area contributed by atoms with Crippen LogP contribution in [0.5, 0.6) is 0 Å². The van der Waals surface area contributed by atoms with Gasteiger partial charge in [0.25, 0.3) is 0 Å². The number of ether oxygens (including phenoxy) is 6. The molecule has 5 rings (SSSR count). The van der Waals surface area contributed by atoms with Crippen LogP contribution in [0.4, 0.5) is 0 Å². The van der Waals surface area contributed by atoms with Gasteiger partial charge in [-0.1, -0.05) is 86.6 Å². The minimum atomic E-state index is -1.76. The highest BCUT2D eigenvalue weighted by molar-refractivity contribution is 9.10. The second kappa shape index (κ2) is 22.5. The van der Waals surface area contributed by atoms with Crippen LogP contribution < -0.4 is 0 Å². The van der Waals surface area contributed by atoms with Gasteiger partial charge in [0.2, 0.25) is 0 Å². The van der Waals surface area contributed by atoms with E-state index in [0.717, 1.165) is 22.1 Å². The van der Waals surface area contributed by atoms with E-state index in [2.05, 4.69) is 101 Å². The highest BCUT2D eigenvalue weighted by Crippen LogP contribution is 2.45. The molecule has 3 saturated heterocycles. The van der Waals surface area contributed by atoms with Gasteiger partial charge in [-0.15, -0.1) is 6.58 Å². The highest BCUT2D eigenvalue weighted by atomic mass is 79.9. The largest absolute Gasteiger partial charge is 0.459 e. The number of benzene rings is 1. The lowest BCUT2D eigenvalue weighted by Gasteiger charge is -2.50. The second-order valence-corrected chi connectivity index (χ2v) is 21.2. The number of rotatable bonds is 8. The van der Waals surface area contributed by atoms with E-state index < -0.39 is 71.9 Å². The van der Waals surface area contributed by atoms with Crippen molar-refractivity contribution in [3.8, 4) is 0 Å². The SMILES string of the molecule is Brc1cnc2ccccc2c1.C=CCO[C@@]1(C)C[C@@H](C)C(=NC)[C@H](C)[C@@H](O)[C@](C)(O)[C@@H](CC)OC(=O)[C@H](C)[C@@H](O[C@H]2CC(C)(C)[C@@H](C)[C@H](C)O2)[C@H](C)[C@H]1O[C@@H]1O[C@H](C)C[C@H](C)[C@H]1C. The summed E-state index contributed by atoms with van der Waals surface area (Å²) in [6.45, 7) is 32.6. The average molecular weight is 946 g/mol. The number of aromatic nitrogens is 1. The summed E-state index contributed by atoms with van der Waals surface area (Å²) in [6.07, 6.45) is 1.05. The Balaban J connectivity index is 0.000000678. The molecule has 3 aliphatic heterocycles. The molecule has 1 aromatic heterocycles. The fourth-order valence-corrected chi connectivity index (χ4v) is 10.7. The number of nitrogens with zero attached hydrogens (tertiary/aromatic N) is 2. The third kappa shape index (κ3) is 12.8. The molecule has 12 heteroatoms. The zero-order chi connectivity index (χ0) is 47.2. The van der Waals surface area contributed by atoms with Crippen molar-refractivity contribution < 1.29 is 43.4 Å². The van der Waals surface area contributed by atoms with Gasteiger partial charge in [-0.25, -0.2) is 0 Å². The molecular formula is C51H81BrN2O9. The van der Waals surface area contributed by atoms with Crippen molar-refractivity contribution in [1.82, 2.24) is 4.98 Å². The lowest BCUT2D eigenvalue weighted by Crippen LogP contribution is -2.59. The monoisotopic (exact) mass is 945 g/mol. The standard InChI is InChI=1S/C42H75NO9.C9H6BrN/c1-17-19-47-41(14)21-24(4)34(43-16)27(7)36(44)42(15,46)32(18-2)50-38(45)29(9)35(51-33-22-40(12,13)30(10)31(11)49-33)28(8)37(41)52-39-26(6)23(3)20-25(5)48-39;10-8-5-7-3-1-2-4-9(7)11-6-8/h17,23-33,35-37,39,44,46H,1,18-22H2,2-16H3;1-6H/t23-,24+,25+,26+,27-,28-,29+,30-,31-,32+,33-,35-,36+,37+,39-,41-,42+;/m0./s1. The molecule has 0 aliphatic carbocycles. The number of carbonyl (C=O) groups excluding carboxylic acids is 1.